The molecule has 3 atom stereocenters. The van der Waals surface area contributed by atoms with Gasteiger partial charge in [-0.05, 0) is 62.4 Å². The Morgan fingerprint density at radius 2 is 1.79 bits per heavy atom. The number of fused-ring (bicyclic) bond motifs is 1. The van der Waals surface area contributed by atoms with E-state index in [1.54, 1.807) is 85.7 Å². The number of urea groups is 1. The number of benzene rings is 3. The summed E-state index contributed by atoms with van der Waals surface area (Å²) < 4.78 is 39.7. The molecule has 0 aromatic heterocycles. The zero-order valence-corrected chi connectivity index (χ0v) is 25.7. The van der Waals surface area contributed by atoms with Crippen LogP contribution in [0, 0.1) is 12.8 Å². The van der Waals surface area contributed by atoms with E-state index in [4.69, 9.17) is 9.47 Å². The van der Waals surface area contributed by atoms with Gasteiger partial charge in [0.1, 0.15) is 11.9 Å². The molecule has 1 heterocycles. The highest BCUT2D eigenvalue weighted by atomic mass is 32.2. The van der Waals surface area contributed by atoms with Crippen molar-refractivity contribution in [1.82, 2.24) is 9.21 Å². The molecule has 1 aliphatic rings. The number of carbonyl (C=O) groups is 2. The van der Waals surface area contributed by atoms with Gasteiger partial charge in [0.2, 0.25) is 10.0 Å². The maximum absolute atomic E-state index is 13.7. The van der Waals surface area contributed by atoms with Gasteiger partial charge in [-0.25, -0.2) is 13.2 Å². The summed E-state index contributed by atoms with van der Waals surface area (Å²) in [6, 6.07) is 17.1. The highest BCUT2D eigenvalue weighted by molar-refractivity contribution is 7.89. The van der Waals surface area contributed by atoms with Crippen molar-refractivity contribution in [1.29, 1.82) is 0 Å². The van der Waals surface area contributed by atoms with E-state index in [-0.39, 0.29) is 53.4 Å². The molecule has 3 aromatic rings. The normalized spacial score (nSPS) is 17.7. The van der Waals surface area contributed by atoms with Crippen LogP contribution in [-0.2, 0) is 10.0 Å². The number of likely N-dealkylation sites (N-methyl/N-ethyl adjacent to an activating group) is 1. The number of ether oxygens (including phenoxy) is 2. The van der Waals surface area contributed by atoms with Crippen LogP contribution in [0.4, 0.5) is 16.2 Å². The molecule has 0 unspecified atom stereocenters. The number of anilines is 2. The minimum absolute atomic E-state index is 0.0290. The summed E-state index contributed by atoms with van der Waals surface area (Å²) in [4.78, 5) is 28.4. The Balaban J connectivity index is 1.67. The number of nitrogens with one attached hydrogen (secondary N) is 2. The molecule has 4 rings (SSSR count). The first kappa shape index (κ1) is 31.8. The van der Waals surface area contributed by atoms with Gasteiger partial charge in [0.25, 0.3) is 5.91 Å². The van der Waals surface area contributed by atoms with Crippen molar-refractivity contribution in [3.63, 3.8) is 0 Å². The lowest BCUT2D eigenvalue weighted by Gasteiger charge is -2.38. The number of aliphatic hydroxyl groups excluding tert-OH is 1. The SMILES string of the molecule is COc1ccc(NC(=O)Nc2cccc3c2O[C@H](CN(C)S(=O)(=O)c2ccc(C)cc2)[C@H](C)CN([C@H](C)CO)C3=O)cc1. The first-order valence-corrected chi connectivity index (χ1v) is 15.3. The standard InChI is InChI=1S/C31H38N4O7S/c1-20-9-15-25(16-10-20)43(39,40)34(4)18-28-21(2)17-35(22(3)19-36)30(37)26-7-6-8-27(29(26)42-28)33-31(38)32-23-11-13-24(41-5)14-12-23/h6-16,21-22,28,36H,17-19H2,1-5H3,(H2,32,33,38)/t21-,22-,28-/m1/s1. The fourth-order valence-corrected chi connectivity index (χ4v) is 5.94. The number of hydrogen-bond acceptors (Lipinski definition) is 7. The van der Waals surface area contributed by atoms with E-state index >= 15 is 0 Å². The lowest BCUT2D eigenvalue weighted by Crippen LogP contribution is -2.50. The van der Waals surface area contributed by atoms with Crippen molar-refractivity contribution in [2.24, 2.45) is 5.92 Å². The summed E-state index contributed by atoms with van der Waals surface area (Å²) >= 11 is 0. The summed E-state index contributed by atoms with van der Waals surface area (Å²) in [5, 5.41) is 15.4. The second-order valence-corrected chi connectivity index (χ2v) is 12.8. The Morgan fingerprint density at radius 1 is 1.12 bits per heavy atom. The molecule has 0 radical (unpaired) electrons. The van der Waals surface area contributed by atoms with Gasteiger partial charge >= 0.3 is 6.03 Å². The van der Waals surface area contributed by atoms with Crippen molar-refractivity contribution in [2.45, 2.75) is 37.8 Å². The third-order valence-electron chi connectivity index (χ3n) is 7.45. The summed E-state index contributed by atoms with van der Waals surface area (Å²) in [6.45, 7) is 5.41. The van der Waals surface area contributed by atoms with Gasteiger partial charge in [-0.1, -0.05) is 30.7 Å². The van der Waals surface area contributed by atoms with Crippen LogP contribution >= 0.6 is 0 Å². The number of nitrogens with zero attached hydrogens (tertiary/aromatic N) is 2. The van der Waals surface area contributed by atoms with Crippen LogP contribution in [-0.4, -0.2) is 80.7 Å². The topological polar surface area (TPSA) is 138 Å². The van der Waals surface area contributed by atoms with Crippen LogP contribution in [0.15, 0.2) is 71.6 Å². The molecule has 43 heavy (non-hydrogen) atoms. The zero-order chi connectivity index (χ0) is 31.3. The van der Waals surface area contributed by atoms with Crippen LogP contribution in [0.25, 0.3) is 0 Å². The van der Waals surface area contributed by atoms with E-state index in [0.717, 1.165) is 5.56 Å². The van der Waals surface area contributed by atoms with E-state index in [1.807, 2.05) is 13.8 Å². The third-order valence-corrected chi connectivity index (χ3v) is 9.29. The molecule has 3 N–H and O–H groups in total. The number of methoxy groups -OCH3 is 1. The quantitative estimate of drug-likeness (QED) is 0.330. The van der Waals surface area contributed by atoms with E-state index in [0.29, 0.717) is 11.4 Å². The molecule has 3 aromatic carbocycles. The summed E-state index contributed by atoms with van der Waals surface area (Å²) in [5.41, 5.74) is 1.88. The monoisotopic (exact) mass is 610 g/mol. The lowest BCUT2D eigenvalue weighted by molar-refractivity contribution is 0.0389. The van der Waals surface area contributed by atoms with E-state index in [2.05, 4.69) is 10.6 Å². The van der Waals surface area contributed by atoms with Crippen LogP contribution < -0.4 is 20.1 Å². The number of aliphatic hydroxyl groups is 1. The van der Waals surface area contributed by atoms with Gasteiger partial charge in [-0.15, -0.1) is 0 Å². The Hall–Kier alpha value is -4.13. The van der Waals surface area contributed by atoms with Gasteiger partial charge in [-0.3, -0.25) is 4.79 Å². The van der Waals surface area contributed by atoms with Gasteiger partial charge in [0.15, 0.2) is 5.75 Å². The van der Waals surface area contributed by atoms with Crippen molar-refractivity contribution >= 4 is 33.3 Å². The number of sulfonamides is 1. The Morgan fingerprint density at radius 3 is 2.42 bits per heavy atom. The molecule has 0 spiro atoms. The molecule has 1 aliphatic heterocycles. The van der Waals surface area contributed by atoms with Crippen molar-refractivity contribution < 1.29 is 32.6 Å². The molecule has 0 bridgehead atoms. The average Bonchev–Trinajstić information content (AvgIpc) is 2.99. The number of amides is 3. The van der Waals surface area contributed by atoms with E-state index < -0.39 is 28.2 Å². The third kappa shape index (κ3) is 7.27. The largest absolute Gasteiger partial charge is 0.497 e. The van der Waals surface area contributed by atoms with Crippen LogP contribution in [0.3, 0.4) is 0 Å². The van der Waals surface area contributed by atoms with E-state index in [1.165, 1.54) is 11.4 Å². The van der Waals surface area contributed by atoms with Crippen LogP contribution in [0.2, 0.25) is 0 Å². The molecule has 12 heteroatoms. The number of rotatable bonds is 9. The van der Waals surface area contributed by atoms with Crippen LogP contribution in [0.1, 0.15) is 29.8 Å². The van der Waals surface area contributed by atoms with Gasteiger partial charge in [0.05, 0.1) is 42.4 Å². The molecule has 0 aliphatic carbocycles. The lowest BCUT2D eigenvalue weighted by atomic mass is 9.99. The first-order valence-electron chi connectivity index (χ1n) is 13.9. The number of hydrogen-bond donors (Lipinski definition) is 3. The highest BCUT2D eigenvalue weighted by Crippen LogP contribution is 2.35. The maximum atomic E-state index is 13.7. The molecule has 3 amide bonds. The predicted molar refractivity (Wildman–Crippen MR) is 164 cm³/mol. The first-order chi connectivity index (χ1) is 20.4. The van der Waals surface area contributed by atoms with E-state index in [9.17, 15) is 23.1 Å². The minimum atomic E-state index is -3.85. The molecule has 230 valence electrons. The number of para-hydroxylation sites is 1. The smallest absolute Gasteiger partial charge is 0.323 e. The number of carbonyl (C=O) groups excluding carboxylic acids is 2. The van der Waals surface area contributed by atoms with Crippen LogP contribution in [0.5, 0.6) is 11.5 Å². The van der Waals surface area contributed by atoms with Crippen molar-refractivity contribution in [2.75, 3.05) is 44.5 Å². The predicted octanol–water partition coefficient (Wildman–Crippen LogP) is 4.19. The summed E-state index contributed by atoms with van der Waals surface area (Å²) in [7, 11) is -0.816. The second-order valence-electron chi connectivity index (χ2n) is 10.7. The molecule has 0 saturated carbocycles. The molecular formula is C31H38N4O7S. The molecule has 11 nitrogen and oxygen atoms in total. The van der Waals surface area contributed by atoms with Crippen molar-refractivity contribution in [3.05, 3.63) is 77.9 Å². The van der Waals surface area contributed by atoms with Gasteiger partial charge < -0.3 is 30.1 Å². The fourth-order valence-electron chi connectivity index (χ4n) is 4.76. The van der Waals surface area contributed by atoms with Gasteiger partial charge in [0, 0.05) is 25.2 Å². The zero-order valence-electron chi connectivity index (χ0n) is 24.9. The Labute approximate surface area is 252 Å². The minimum Gasteiger partial charge on any atom is -0.497 e. The summed E-state index contributed by atoms with van der Waals surface area (Å²) in [5.74, 6) is 0.0355. The summed E-state index contributed by atoms with van der Waals surface area (Å²) in [6.07, 6.45) is -0.710. The van der Waals surface area contributed by atoms with Gasteiger partial charge in [-0.2, -0.15) is 4.31 Å². The fraction of sp³-hybridized carbons (Fsp3) is 0.355. The second kappa shape index (κ2) is 13.4. The number of aryl methyl sites for hydroxylation is 1. The maximum Gasteiger partial charge on any atom is 0.323 e. The average molecular weight is 611 g/mol. The highest BCUT2D eigenvalue weighted by Gasteiger charge is 2.36. The Bertz CT molecular complexity index is 1550. The molecule has 0 fully saturated rings. The molecular weight excluding hydrogens is 572 g/mol. The molecule has 0 saturated heterocycles. The Kier molecular flexibility index (Phi) is 9.95. The van der Waals surface area contributed by atoms with Crippen molar-refractivity contribution in [3.8, 4) is 11.5 Å².